The number of alkyl halides is 3. The van der Waals surface area contributed by atoms with Gasteiger partial charge >= 0.3 is 6.18 Å². The number of hydrogen-bond donors (Lipinski definition) is 1. The van der Waals surface area contributed by atoms with Crippen LogP contribution in [0, 0.1) is 0 Å². The molecule has 1 heterocycles. The summed E-state index contributed by atoms with van der Waals surface area (Å²) in [6.07, 6.45) is -2.65. The Bertz CT molecular complexity index is 895. The number of ether oxygens (including phenoxy) is 1. The van der Waals surface area contributed by atoms with Crippen LogP contribution in [-0.2, 0) is 19.3 Å². The van der Waals surface area contributed by atoms with Crippen molar-refractivity contribution in [2.45, 2.75) is 19.3 Å². The van der Waals surface area contributed by atoms with Crippen LogP contribution in [0.1, 0.15) is 16.7 Å². The van der Waals surface area contributed by atoms with Crippen LogP contribution < -0.4 is 10.1 Å². The van der Waals surface area contributed by atoms with E-state index in [2.05, 4.69) is 10.3 Å². The molecule has 0 bridgehead atoms. The smallest absolute Gasteiger partial charge is 0.416 e. The van der Waals surface area contributed by atoms with Gasteiger partial charge in [-0.05, 0) is 23.3 Å². The van der Waals surface area contributed by atoms with Crippen molar-refractivity contribution in [3.8, 4) is 17.0 Å². The molecular weight excluding hydrogens is 353 g/mol. The molecule has 6 heteroatoms. The Morgan fingerprint density at radius 1 is 0.889 bits per heavy atom. The van der Waals surface area contributed by atoms with E-state index in [-0.39, 0.29) is 12.1 Å². The molecule has 0 unspecified atom stereocenters. The monoisotopic (exact) mass is 372 g/mol. The third-order valence-corrected chi connectivity index (χ3v) is 4.18. The summed E-state index contributed by atoms with van der Waals surface area (Å²) in [4.78, 5) is 4.31. The summed E-state index contributed by atoms with van der Waals surface area (Å²) in [6.45, 7) is 0.428. The Hall–Kier alpha value is -2.86. The van der Waals surface area contributed by atoms with E-state index in [4.69, 9.17) is 4.74 Å². The molecule has 3 nitrogen and oxygen atoms in total. The minimum Gasteiger partial charge on any atom is -0.481 e. The first-order valence-electron chi connectivity index (χ1n) is 8.43. The van der Waals surface area contributed by atoms with Crippen LogP contribution in [0.4, 0.5) is 13.2 Å². The molecule has 0 amide bonds. The van der Waals surface area contributed by atoms with Gasteiger partial charge in [0.2, 0.25) is 5.88 Å². The van der Waals surface area contributed by atoms with E-state index in [1.54, 1.807) is 12.3 Å². The fourth-order valence-corrected chi connectivity index (χ4v) is 2.88. The molecule has 0 aliphatic carbocycles. The summed E-state index contributed by atoms with van der Waals surface area (Å²) >= 11 is 0. The Morgan fingerprint density at radius 3 is 2.26 bits per heavy atom. The van der Waals surface area contributed by atoms with Gasteiger partial charge in [0.15, 0.2) is 0 Å². The maximum atomic E-state index is 13.1. The Morgan fingerprint density at radius 2 is 1.56 bits per heavy atom. The standard InChI is InChI=1S/C21H19F3N2O/c1-27-20-18(11-17(14-26-20)15-7-3-2-4-8-15)13-25-12-16-9-5-6-10-19(16)21(22,23)24/h2-11,14,25H,12-13H2,1H3. The van der Waals surface area contributed by atoms with E-state index in [1.165, 1.54) is 19.2 Å². The highest BCUT2D eigenvalue weighted by Crippen LogP contribution is 2.32. The summed E-state index contributed by atoms with van der Waals surface area (Å²) < 4.78 is 44.6. The number of hydrogen-bond acceptors (Lipinski definition) is 3. The van der Waals surface area contributed by atoms with E-state index < -0.39 is 11.7 Å². The molecule has 0 aliphatic rings. The van der Waals surface area contributed by atoms with E-state index in [1.807, 2.05) is 36.4 Å². The zero-order valence-electron chi connectivity index (χ0n) is 14.8. The molecule has 1 aromatic heterocycles. The maximum Gasteiger partial charge on any atom is 0.416 e. The van der Waals surface area contributed by atoms with Crippen LogP contribution in [0.2, 0.25) is 0 Å². The lowest BCUT2D eigenvalue weighted by atomic mass is 10.1. The van der Waals surface area contributed by atoms with Crippen molar-refractivity contribution < 1.29 is 17.9 Å². The first kappa shape index (κ1) is 18.9. The van der Waals surface area contributed by atoms with E-state index in [9.17, 15) is 13.2 Å². The average Bonchev–Trinajstić information content (AvgIpc) is 2.68. The largest absolute Gasteiger partial charge is 0.481 e. The molecule has 0 radical (unpaired) electrons. The molecule has 0 atom stereocenters. The molecule has 0 aliphatic heterocycles. The highest BCUT2D eigenvalue weighted by molar-refractivity contribution is 5.63. The molecule has 3 rings (SSSR count). The number of aromatic nitrogens is 1. The van der Waals surface area contributed by atoms with Gasteiger partial charge in [-0.1, -0.05) is 48.5 Å². The van der Waals surface area contributed by atoms with Crippen molar-refractivity contribution >= 4 is 0 Å². The summed E-state index contributed by atoms with van der Waals surface area (Å²) in [5, 5.41) is 3.06. The van der Waals surface area contributed by atoms with Crippen LogP contribution in [0.5, 0.6) is 5.88 Å². The molecule has 0 saturated carbocycles. The average molecular weight is 372 g/mol. The lowest BCUT2D eigenvalue weighted by Crippen LogP contribution is -2.17. The Kier molecular flexibility index (Phi) is 5.76. The predicted octanol–water partition coefficient (Wildman–Crippen LogP) is 5.07. The van der Waals surface area contributed by atoms with Gasteiger partial charge in [0, 0.05) is 30.4 Å². The third kappa shape index (κ3) is 4.65. The van der Waals surface area contributed by atoms with Crippen molar-refractivity contribution in [3.63, 3.8) is 0 Å². The number of halogens is 3. The highest BCUT2D eigenvalue weighted by Gasteiger charge is 2.32. The number of benzene rings is 2. The number of methoxy groups -OCH3 is 1. The summed E-state index contributed by atoms with van der Waals surface area (Å²) in [5.41, 5.74) is 2.29. The molecule has 3 aromatic rings. The van der Waals surface area contributed by atoms with Crippen LogP contribution in [0.15, 0.2) is 66.9 Å². The Balaban J connectivity index is 1.77. The topological polar surface area (TPSA) is 34.1 Å². The summed E-state index contributed by atoms with van der Waals surface area (Å²) in [6, 6.07) is 17.2. The number of nitrogens with one attached hydrogen (secondary N) is 1. The highest BCUT2D eigenvalue weighted by atomic mass is 19.4. The van der Waals surface area contributed by atoms with Gasteiger partial charge < -0.3 is 10.1 Å². The fraction of sp³-hybridized carbons (Fsp3) is 0.190. The van der Waals surface area contributed by atoms with Gasteiger partial charge in [-0.25, -0.2) is 4.98 Å². The maximum absolute atomic E-state index is 13.1. The molecular formula is C21H19F3N2O. The second kappa shape index (κ2) is 8.22. The normalized spacial score (nSPS) is 11.4. The minimum atomic E-state index is -4.37. The lowest BCUT2D eigenvalue weighted by Gasteiger charge is -2.14. The molecule has 27 heavy (non-hydrogen) atoms. The van der Waals surface area contributed by atoms with Gasteiger partial charge in [-0.3, -0.25) is 0 Å². The predicted molar refractivity (Wildman–Crippen MR) is 98.2 cm³/mol. The first-order valence-corrected chi connectivity index (χ1v) is 8.43. The molecule has 0 saturated heterocycles. The zero-order chi connectivity index (χ0) is 19.3. The van der Waals surface area contributed by atoms with Crippen LogP contribution in [-0.4, -0.2) is 12.1 Å². The van der Waals surface area contributed by atoms with Crippen LogP contribution >= 0.6 is 0 Å². The third-order valence-electron chi connectivity index (χ3n) is 4.18. The van der Waals surface area contributed by atoms with Gasteiger partial charge in [0.05, 0.1) is 12.7 Å². The zero-order valence-corrected chi connectivity index (χ0v) is 14.8. The van der Waals surface area contributed by atoms with Gasteiger partial charge in [-0.15, -0.1) is 0 Å². The van der Waals surface area contributed by atoms with E-state index in [0.717, 1.165) is 22.8 Å². The van der Waals surface area contributed by atoms with Gasteiger partial charge in [0.25, 0.3) is 0 Å². The lowest BCUT2D eigenvalue weighted by molar-refractivity contribution is -0.138. The second-order valence-electron chi connectivity index (χ2n) is 6.02. The van der Waals surface area contributed by atoms with E-state index in [0.29, 0.717) is 12.4 Å². The Labute approximate surface area is 155 Å². The second-order valence-corrected chi connectivity index (χ2v) is 6.02. The van der Waals surface area contributed by atoms with Crippen molar-refractivity contribution in [3.05, 3.63) is 83.6 Å². The number of rotatable bonds is 6. The van der Waals surface area contributed by atoms with Crippen LogP contribution in [0.3, 0.4) is 0 Å². The fourth-order valence-electron chi connectivity index (χ4n) is 2.88. The van der Waals surface area contributed by atoms with Crippen molar-refractivity contribution in [2.24, 2.45) is 0 Å². The van der Waals surface area contributed by atoms with Gasteiger partial charge in [-0.2, -0.15) is 13.2 Å². The molecule has 0 spiro atoms. The van der Waals surface area contributed by atoms with Crippen molar-refractivity contribution in [2.75, 3.05) is 7.11 Å². The number of nitrogens with zero attached hydrogens (tertiary/aromatic N) is 1. The SMILES string of the molecule is COc1ncc(-c2ccccc2)cc1CNCc1ccccc1C(F)(F)F. The quantitative estimate of drug-likeness (QED) is 0.656. The molecule has 1 N–H and O–H groups in total. The first-order chi connectivity index (χ1) is 13.0. The summed E-state index contributed by atoms with van der Waals surface area (Å²) in [7, 11) is 1.52. The van der Waals surface area contributed by atoms with Crippen LogP contribution in [0.25, 0.3) is 11.1 Å². The molecule has 0 fully saturated rings. The van der Waals surface area contributed by atoms with E-state index >= 15 is 0 Å². The minimum absolute atomic E-state index is 0.0917. The van der Waals surface area contributed by atoms with Crippen molar-refractivity contribution in [1.29, 1.82) is 0 Å². The summed E-state index contributed by atoms with van der Waals surface area (Å²) in [5.74, 6) is 0.450. The van der Waals surface area contributed by atoms with Crippen molar-refractivity contribution in [1.82, 2.24) is 10.3 Å². The molecule has 140 valence electrons. The molecule has 2 aromatic carbocycles. The number of pyridine rings is 1. The van der Waals surface area contributed by atoms with Gasteiger partial charge in [0.1, 0.15) is 0 Å².